The molecule has 1 N–H and O–H groups in total. The van der Waals surface area contributed by atoms with Crippen molar-refractivity contribution in [3.8, 4) is 0 Å². The minimum atomic E-state index is 0.336. The molecule has 2 rings (SSSR count). The number of hydrogen-bond acceptors (Lipinski definition) is 2. The first kappa shape index (κ1) is 13.8. The summed E-state index contributed by atoms with van der Waals surface area (Å²) in [6.07, 6.45) is 0.968. The van der Waals surface area contributed by atoms with Crippen molar-refractivity contribution in [2.45, 2.75) is 39.8 Å². The molecule has 0 bridgehead atoms. The maximum Gasteiger partial charge on any atom is 0.0596 e. The third-order valence-electron chi connectivity index (χ3n) is 3.61. The van der Waals surface area contributed by atoms with Gasteiger partial charge in [0.15, 0.2) is 0 Å². The maximum absolute atomic E-state index is 4.52. The van der Waals surface area contributed by atoms with Crippen LogP contribution in [0.4, 0.5) is 0 Å². The molecule has 2 aromatic rings. The third-order valence-corrected chi connectivity index (χ3v) is 3.61. The fraction of sp³-hybridized carbons (Fsp3) is 0.438. The van der Waals surface area contributed by atoms with Gasteiger partial charge in [0.1, 0.15) is 0 Å². The first-order valence-electron chi connectivity index (χ1n) is 6.91. The molecule has 1 unspecified atom stereocenters. The van der Waals surface area contributed by atoms with Gasteiger partial charge in [0.2, 0.25) is 0 Å². The van der Waals surface area contributed by atoms with E-state index in [1.54, 1.807) is 0 Å². The number of rotatable bonds is 5. The summed E-state index contributed by atoms with van der Waals surface area (Å²) in [5.41, 5.74) is 5.09. The van der Waals surface area contributed by atoms with E-state index >= 15 is 0 Å². The largest absolute Gasteiger partial charge is 0.313 e. The van der Waals surface area contributed by atoms with E-state index in [1.807, 2.05) is 7.05 Å². The van der Waals surface area contributed by atoms with Gasteiger partial charge in [-0.05, 0) is 45.0 Å². The Bertz CT molecular complexity index is 543. The van der Waals surface area contributed by atoms with Gasteiger partial charge in [-0.25, -0.2) is 0 Å². The lowest BCUT2D eigenvalue weighted by Crippen LogP contribution is -2.21. The van der Waals surface area contributed by atoms with E-state index in [9.17, 15) is 0 Å². The van der Waals surface area contributed by atoms with E-state index in [2.05, 4.69) is 66.2 Å². The first-order chi connectivity index (χ1) is 9.15. The van der Waals surface area contributed by atoms with Gasteiger partial charge in [0.05, 0.1) is 5.69 Å². The minimum Gasteiger partial charge on any atom is -0.313 e. The standard InChI is InChI=1S/C16H23N3/c1-5-19-14(10-13(3)18-19)11-16(17-4)15-9-7-6-8-12(15)2/h6-10,16-17H,5,11H2,1-4H3. The van der Waals surface area contributed by atoms with Crippen LogP contribution < -0.4 is 5.32 Å². The third kappa shape index (κ3) is 3.04. The van der Waals surface area contributed by atoms with Gasteiger partial charge < -0.3 is 5.32 Å². The van der Waals surface area contributed by atoms with Gasteiger partial charge in [-0.15, -0.1) is 0 Å². The average molecular weight is 257 g/mol. The van der Waals surface area contributed by atoms with Crippen molar-refractivity contribution in [1.82, 2.24) is 15.1 Å². The topological polar surface area (TPSA) is 29.9 Å². The number of nitrogens with one attached hydrogen (secondary N) is 1. The van der Waals surface area contributed by atoms with Crippen molar-refractivity contribution in [2.24, 2.45) is 0 Å². The monoisotopic (exact) mass is 257 g/mol. The summed E-state index contributed by atoms with van der Waals surface area (Å²) in [5.74, 6) is 0. The summed E-state index contributed by atoms with van der Waals surface area (Å²) in [5, 5.41) is 7.95. The van der Waals surface area contributed by atoms with Crippen molar-refractivity contribution >= 4 is 0 Å². The lowest BCUT2D eigenvalue weighted by molar-refractivity contribution is 0.539. The Labute approximate surface area is 115 Å². The summed E-state index contributed by atoms with van der Waals surface area (Å²) in [6, 6.07) is 11.1. The van der Waals surface area contributed by atoms with Crippen LogP contribution in [0.3, 0.4) is 0 Å². The molecular weight excluding hydrogens is 234 g/mol. The van der Waals surface area contributed by atoms with Gasteiger partial charge in [-0.1, -0.05) is 24.3 Å². The Morgan fingerprint density at radius 2 is 2.00 bits per heavy atom. The average Bonchev–Trinajstić information content (AvgIpc) is 2.77. The quantitative estimate of drug-likeness (QED) is 0.892. The molecule has 1 atom stereocenters. The molecule has 0 aliphatic heterocycles. The van der Waals surface area contributed by atoms with Crippen LogP contribution in [0.15, 0.2) is 30.3 Å². The number of aryl methyl sites for hydroxylation is 3. The predicted molar refractivity (Wildman–Crippen MR) is 79.3 cm³/mol. The lowest BCUT2D eigenvalue weighted by Gasteiger charge is -2.19. The molecule has 3 nitrogen and oxygen atoms in total. The molecule has 19 heavy (non-hydrogen) atoms. The lowest BCUT2D eigenvalue weighted by atomic mass is 9.97. The van der Waals surface area contributed by atoms with E-state index in [1.165, 1.54) is 16.8 Å². The second kappa shape index (κ2) is 6.02. The molecule has 0 aliphatic carbocycles. The smallest absolute Gasteiger partial charge is 0.0596 e. The minimum absolute atomic E-state index is 0.336. The van der Waals surface area contributed by atoms with Crippen LogP contribution in [0.5, 0.6) is 0 Å². The van der Waals surface area contributed by atoms with E-state index in [4.69, 9.17) is 0 Å². The number of benzene rings is 1. The number of likely N-dealkylation sites (N-methyl/N-ethyl adjacent to an activating group) is 1. The Hall–Kier alpha value is -1.61. The molecule has 0 saturated heterocycles. The van der Waals surface area contributed by atoms with Crippen molar-refractivity contribution < 1.29 is 0 Å². The van der Waals surface area contributed by atoms with Crippen LogP contribution in [0.25, 0.3) is 0 Å². The highest BCUT2D eigenvalue weighted by atomic mass is 15.3. The molecular formula is C16H23N3. The van der Waals surface area contributed by atoms with Crippen LogP contribution in [0.1, 0.15) is 35.5 Å². The molecule has 1 heterocycles. The van der Waals surface area contributed by atoms with E-state index in [0.29, 0.717) is 6.04 Å². The molecule has 0 fully saturated rings. The van der Waals surface area contributed by atoms with Gasteiger partial charge >= 0.3 is 0 Å². The fourth-order valence-electron chi connectivity index (χ4n) is 2.59. The second-order valence-electron chi connectivity index (χ2n) is 4.99. The van der Waals surface area contributed by atoms with Gasteiger partial charge in [-0.2, -0.15) is 5.10 Å². The maximum atomic E-state index is 4.52. The summed E-state index contributed by atoms with van der Waals surface area (Å²) in [4.78, 5) is 0. The zero-order valence-electron chi connectivity index (χ0n) is 12.3. The molecule has 0 saturated carbocycles. The van der Waals surface area contributed by atoms with E-state index in [0.717, 1.165) is 18.7 Å². The summed E-state index contributed by atoms with van der Waals surface area (Å²) >= 11 is 0. The van der Waals surface area contributed by atoms with Gasteiger partial charge in [0.25, 0.3) is 0 Å². The molecule has 0 spiro atoms. The van der Waals surface area contributed by atoms with E-state index < -0.39 is 0 Å². The molecule has 0 radical (unpaired) electrons. The summed E-state index contributed by atoms with van der Waals surface area (Å²) in [6.45, 7) is 7.28. The number of aromatic nitrogens is 2. The normalized spacial score (nSPS) is 12.6. The van der Waals surface area contributed by atoms with Crippen LogP contribution in [-0.4, -0.2) is 16.8 Å². The molecule has 1 aromatic carbocycles. The Balaban J connectivity index is 2.26. The van der Waals surface area contributed by atoms with Gasteiger partial charge in [-0.3, -0.25) is 4.68 Å². The molecule has 102 valence electrons. The predicted octanol–water partition coefficient (Wildman–Crippen LogP) is 3.02. The molecule has 3 heteroatoms. The highest BCUT2D eigenvalue weighted by Crippen LogP contribution is 2.21. The highest BCUT2D eigenvalue weighted by Gasteiger charge is 2.15. The second-order valence-corrected chi connectivity index (χ2v) is 4.99. The SMILES string of the molecule is CCn1nc(C)cc1CC(NC)c1ccccc1C. The van der Waals surface area contributed by atoms with Gasteiger partial charge in [0, 0.05) is 24.7 Å². The highest BCUT2D eigenvalue weighted by molar-refractivity contribution is 5.30. The van der Waals surface area contributed by atoms with Crippen molar-refractivity contribution in [2.75, 3.05) is 7.05 Å². The summed E-state index contributed by atoms with van der Waals surface area (Å²) in [7, 11) is 2.02. The number of hydrogen-bond donors (Lipinski definition) is 1. The Morgan fingerprint density at radius 1 is 1.26 bits per heavy atom. The number of nitrogens with zero attached hydrogens (tertiary/aromatic N) is 2. The zero-order valence-corrected chi connectivity index (χ0v) is 12.3. The van der Waals surface area contributed by atoms with Crippen LogP contribution in [-0.2, 0) is 13.0 Å². The van der Waals surface area contributed by atoms with Crippen molar-refractivity contribution in [3.05, 3.63) is 52.8 Å². The Morgan fingerprint density at radius 3 is 2.63 bits per heavy atom. The molecule has 1 aromatic heterocycles. The van der Waals surface area contributed by atoms with Crippen molar-refractivity contribution in [3.63, 3.8) is 0 Å². The van der Waals surface area contributed by atoms with Crippen LogP contribution >= 0.6 is 0 Å². The molecule has 0 amide bonds. The Kier molecular flexibility index (Phi) is 4.38. The van der Waals surface area contributed by atoms with E-state index in [-0.39, 0.29) is 0 Å². The zero-order chi connectivity index (χ0) is 13.8. The molecule has 0 aliphatic rings. The first-order valence-corrected chi connectivity index (χ1v) is 6.91. The van der Waals surface area contributed by atoms with Crippen LogP contribution in [0, 0.1) is 13.8 Å². The van der Waals surface area contributed by atoms with Crippen LogP contribution in [0.2, 0.25) is 0 Å². The summed E-state index contributed by atoms with van der Waals surface area (Å²) < 4.78 is 2.10. The fourth-order valence-corrected chi connectivity index (χ4v) is 2.59. The van der Waals surface area contributed by atoms with Crippen molar-refractivity contribution in [1.29, 1.82) is 0 Å².